The van der Waals surface area contributed by atoms with Gasteiger partial charge >= 0.3 is 0 Å². The molecule has 88 valence electrons. The highest BCUT2D eigenvalue weighted by molar-refractivity contribution is 5.21. The SMILES string of the molecule is CNC(c1ccncc1)C(C)c1ccccn1. The van der Waals surface area contributed by atoms with Crippen molar-refractivity contribution < 1.29 is 0 Å². The lowest BCUT2D eigenvalue weighted by Gasteiger charge is -2.23. The maximum atomic E-state index is 4.42. The molecule has 0 aliphatic carbocycles. The second-order valence-electron chi connectivity index (χ2n) is 4.09. The summed E-state index contributed by atoms with van der Waals surface area (Å²) in [5.74, 6) is 0.323. The lowest BCUT2D eigenvalue weighted by molar-refractivity contribution is 0.499. The Balaban J connectivity index is 2.25. The van der Waals surface area contributed by atoms with Crippen LogP contribution in [0.25, 0.3) is 0 Å². The first kappa shape index (κ1) is 11.7. The van der Waals surface area contributed by atoms with Gasteiger partial charge in [0, 0.05) is 36.2 Å². The molecule has 2 rings (SSSR count). The van der Waals surface area contributed by atoms with Gasteiger partial charge in [-0.15, -0.1) is 0 Å². The van der Waals surface area contributed by atoms with Crippen molar-refractivity contribution >= 4 is 0 Å². The summed E-state index contributed by atoms with van der Waals surface area (Å²) in [5.41, 5.74) is 2.34. The number of aromatic nitrogens is 2. The molecular formula is C14H17N3. The van der Waals surface area contributed by atoms with Crippen molar-refractivity contribution in [2.75, 3.05) is 7.05 Å². The van der Waals surface area contributed by atoms with Crippen LogP contribution >= 0.6 is 0 Å². The third kappa shape index (κ3) is 2.68. The Morgan fingerprint density at radius 2 is 1.82 bits per heavy atom. The van der Waals surface area contributed by atoms with Gasteiger partial charge in [0.05, 0.1) is 0 Å². The fourth-order valence-corrected chi connectivity index (χ4v) is 2.09. The van der Waals surface area contributed by atoms with E-state index in [0.29, 0.717) is 5.92 Å². The van der Waals surface area contributed by atoms with Gasteiger partial charge in [-0.3, -0.25) is 9.97 Å². The van der Waals surface area contributed by atoms with Crippen LogP contribution in [0.3, 0.4) is 0 Å². The Bertz CT molecular complexity index is 442. The summed E-state index contributed by atoms with van der Waals surface area (Å²) in [7, 11) is 1.98. The molecule has 0 amide bonds. The molecule has 17 heavy (non-hydrogen) atoms. The molecule has 2 heterocycles. The second-order valence-corrected chi connectivity index (χ2v) is 4.09. The number of likely N-dealkylation sites (N-methyl/N-ethyl adjacent to an activating group) is 1. The van der Waals surface area contributed by atoms with Crippen LogP contribution in [-0.4, -0.2) is 17.0 Å². The summed E-state index contributed by atoms with van der Waals surface area (Å²) in [6.45, 7) is 2.18. The fourth-order valence-electron chi connectivity index (χ4n) is 2.09. The summed E-state index contributed by atoms with van der Waals surface area (Å²) in [4.78, 5) is 8.47. The van der Waals surface area contributed by atoms with E-state index in [9.17, 15) is 0 Å². The Morgan fingerprint density at radius 1 is 1.06 bits per heavy atom. The summed E-state index contributed by atoms with van der Waals surface area (Å²) in [5, 5.41) is 3.35. The number of nitrogens with zero attached hydrogens (tertiary/aromatic N) is 2. The van der Waals surface area contributed by atoms with Crippen LogP contribution in [0.4, 0.5) is 0 Å². The van der Waals surface area contributed by atoms with Gasteiger partial charge in [-0.05, 0) is 36.9 Å². The Morgan fingerprint density at radius 3 is 2.41 bits per heavy atom. The molecule has 2 unspecified atom stereocenters. The first-order chi connectivity index (χ1) is 8.33. The average Bonchev–Trinajstić information content (AvgIpc) is 2.42. The summed E-state index contributed by atoms with van der Waals surface area (Å²) < 4.78 is 0. The molecule has 0 aliphatic rings. The topological polar surface area (TPSA) is 37.8 Å². The van der Waals surface area contributed by atoms with Crippen molar-refractivity contribution in [3.05, 3.63) is 60.2 Å². The molecule has 3 heteroatoms. The number of hydrogen-bond acceptors (Lipinski definition) is 3. The molecule has 0 spiro atoms. The lowest BCUT2D eigenvalue weighted by atomic mass is 9.92. The van der Waals surface area contributed by atoms with E-state index in [1.54, 1.807) is 0 Å². The van der Waals surface area contributed by atoms with Gasteiger partial charge in [0.25, 0.3) is 0 Å². The number of hydrogen-bond donors (Lipinski definition) is 1. The Kier molecular flexibility index (Phi) is 3.83. The fraction of sp³-hybridized carbons (Fsp3) is 0.286. The minimum Gasteiger partial charge on any atom is -0.312 e. The van der Waals surface area contributed by atoms with E-state index < -0.39 is 0 Å². The molecule has 0 bridgehead atoms. The highest BCUT2D eigenvalue weighted by Crippen LogP contribution is 2.28. The van der Waals surface area contributed by atoms with Gasteiger partial charge in [0.15, 0.2) is 0 Å². The van der Waals surface area contributed by atoms with Crippen LogP contribution in [0, 0.1) is 0 Å². The van der Waals surface area contributed by atoms with Crippen molar-refractivity contribution in [1.82, 2.24) is 15.3 Å². The van der Waals surface area contributed by atoms with Crippen LogP contribution < -0.4 is 5.32 Å². The van der Waals surface area contributed by atoms with E-state index in [-0.39, 0.29) is 6.04 Å². The van der Waals surface area contributed by atoms with E-state index >= 15 is 0 Å². The zero-order chi connectivity index (χ0) is 12.1. The monoisotopic (exact) mass is 227 g/mol. The van der Waals surface area contributed by atoms with Crippen LogP contribution in [-0.2, 0) is 0 Å². The summed E-state index contributed by atoms with van der Waals surface area (Å²) in [6.07, 6.45) is 5.49. The van der Waals surface area contributed by atoms with E-state index in [1.165, 1.54) is 5.56 Å². The maximum absolute atomic E-state index is 4.42. The summed E-state index contributed by atoms with van der Waals surface area (Å²) in [6, 6.07) is 10.4. The van der Waals surface area contributed by atoms with Gasteiger partial charge in [0.1, 0.15) is 0 Å². The van der Waals surface area contributed by atoms with Gasteiger partial charge in [-0.1, -0.05) is 13.0 Å². The molecule has 0 aliphatic heterocycles. The quantitative estimate of drug-likeness (QED) is 0.872. The highest BCUT2D eigenvalue weighted by Gasteiger charge is 2.19. The van der Waals surface area contributed by atoms with E-state index in [1.807, 2.05) is 49.9 Å². The van der Waals surface area contributed by atoms with Crippen molar-refractivity contribution in [3.8, 4) is 0 Å². The van der Waals surface area contributed by atoms with Crippen molar-refractivity contribution in [2.24, 2.45) is 0 Å². The average molecular weight is 227 g/mol. The van der Waals surface area contributed by atoms with Crippen molar-refractivity contribution in [2.45, 2.75) is 18.9 Å². The summed E-state index contributed by atoms with van der Waals surface area (Å²) >= 11 is 0. The zero-order valence-electron chi connectivity index (χ0n) is 10.2. The first-order valence-corrected chi connectivity index (χ1v) is 5.81. The van der Waals surface area contributed by atoms with Crippen LogP contribution in [0.1, 0.15) is 30.1 Å². The molecule has 0 fully saturated rings. The molecule has 2 aromatic heterocycles. The number of nitrogens with one attached hydrogen (secondary N) is 1. The number of pyridine rings is 2. The Hall–Kier alpha value is -1.74. The standard InChI is InChI=1S/C14H17N3/c1-11(13-5-3-4-8-17-13)14(15-2)12-6-9-16-10-7-12/h3-11,14-15H,1-2H3. The third-order valence-corrected chi connectivity index (χ3v) is 3.03. The van der Waals surface area contributed by atoms with Gasteiger partial charge < -0.3 is 5.32 Å². The number of rotatable bonds is 4. The molecule has 0 radical (unpaired) electrons. The predicted molar refractivity (Wildman–Crippen MR) is 68.7 cm³/mol. The molecule has 1 N–H and O–H groups in total. The molecule has 3 nitrogen and oxygen atoms in total. The van der Waals surface area contributed by atoms with Crippen LogP contribution in [0.15, 0.2) is 48.9 Å². The van der Waals surface area contributed by atoms with E-state index in [2.05, 4.69) is 28.3 Å². The largest absolute Gasteiger partial charge is 0.312 e. The minimum atomic E-state index is 0.257. The van der Waals surface area contributed by atoms with E-state index in [0.717, 1.165) is 5.69 Å². The lowest BCUT2D eigenvalue weighted by Crippen LogP contribution is -2.22. The first-order valence-electron chi connectivity index (χ1n) is 5.81. The van der Waals surface area contributed by atoms with Gasteiger partial charge in [0.2, 0.25) is 0 Å². The maximum Gasteiger partial charge on any atom is 0.0450 e. The van der Waals surface area contributed by atoms with Crippen LogP contribution in [0.5, 0.6) is 0 Å². The van der Waals surface area contributed by atoms with E-state index in [4.69, 9.17) is 0 Å². The van der Waals surface area contributed by atoms with Gasteiger partial charge in [-0.2, -0.15) is 0 Å². The van der Waals surface area contributed by atoms with Crippen LogP contribution in [0.2, 0.25) is 0 Å². The highest BCUT2D eigenvalue weighted by atomic mass is 14.9. The molecular weight excluding hydrogens is 210 g/mol. The molecule has 2 aromatic rings. The molecule has 0 aromatic carbocycles. The zero-order valence-corrected chi connectivity index (χ0v) is 10.2. The Labute approximate surface area is 102 Å². The van der Waals surface area contributed by atoms with Crippen molar-refractivity contribution in [3.63, 3.8) is 0 Å². The third-order valence-electron chi connectivity index (χ3n) is 3.03. The molecule has 2 atom stereocenters. The minimum absolute atomic E-state index is 0.257. The van der Waals surface area contributed by atoms with Gasteiger partial charge in [-0.25, -0.2) is 0 Å². The van der Waals surface area contributed by atoms with Crippen molar-refractivity contribution in [1.29, 1.82) is 0 Å². The second kappa shape index (κ2) is 5.55. The molecule has 0 saturated carbocycles. The normalized spacial score (nSPS) is 14.2. The molecule has 0 saturated heterocycles. The smallest absolute Gasteiger partial charge is 0.0450 e. The predicted octanol–water partition coefficient (Wildman–Crippen LogP) is 2.54.